The number of carbonyl (C=O) groups is 1. The van der Waals surface area contributed by atoms with Crippen LogP contribution in [0.5, 0.6) is 5.75 Å². The summed E-state index contributed by atoms with van der Waals surface area (Å²) in [4.78, 5) is 16.2. The van der Waals surface area contributed by atoms with Crippen LogP contribution in [0.1, 0.15) is 21.6 Å². The number of hydrogen-bond donors (Lipinski definition) is 1. The average Bonchev–Trinajstić information content (AvgIpc) is 3.22. The number of carbonyl (C=O) groups excluding carboxylic acids is 1. The summed E-state index contributed by atoms with van der Waals surface area (Å²) in [5.74, 6) is -0.753. The number of ether oxygens (including phenoxy) is 2. The van der Waals surface area contributed by atoms with E-state index in [0.717, 1.165) is 23.5 Å². The predicted molar refractivity (Wildman–Crippen MR) is 107 cm³/mol. The summed E-state index contributed by atoms with van der Waals surface area (Å²) in [5.41, 5.74) is 0.157. The molecule has 0 spiro atoms. The highest BCUT2D eigenvalue weighted by atomic mass is 32.1. The molecule has 0 unspecified atom stereocenters. The van der Waals surface area contributed by atoms with Crippen LogP contribution in [0.25, 0.3) is 10.6 Å². The van der Waals surface area contributed by atoms with Gasteiger partial charge in [-0.05, 0) is 29.8 Å². The molecule has 0 radical (unpaired) electrons. The summed E-state index contributed by atoms with van der Waals surface area (Å²) < 4.78 is 62.7. The first-order chi connectivity index (χ1) is 14.8. The number of methoxy groups -OCH3 is 1. The van der Waals surface area contributed by atoms with E-state index in [2.05, 4.69) is 10.3 Å². The third-order valence-corrected chi connectivity index (χ3v) is 5.06. The van der Waals surface area contributed by atoms with Crippen molar-refractivity contribution in [2.24, 2.45) is 0 Å². The Morgan fingerprint density at radius 3 is 2.55 bits per heavy atom. The quantitative estimate of drug-likeness (QED) is 0.388. The van der Waals surface area contributed by atoms with Gasteiger partial charge in [0.05, 0.1) is 12.2 Å². The first kappa shape index (κ1) is 22.7. The van der Waals surface area contributed by atoms with Crippen LogP contribution < -0.4 is 10.1 Å². The molecule has 0 saturated heterocycles. The fraction of sp³-hybridized carbons (Fsp3) is 0.238. The molecule has 0 aliphatic heterocycles. The molecule has 31 heavy (non-hydrogen) atoms. The van der Waals surface area contributed by atoms with Crippen LogP contribution in [-0.2, 0) is 17.5 Å². The van der Waals surface area contributed by atoms with Gasteiger partial charge in [-0.25, -0.2) is 9.37 Å². The van der Waals surface area contributed by atoms with Crippen LogP contribution in [0.2, 0.25) is 0 Å². The minimum Gasteiger partial charge on any atom is -0.489 e. The Hall–Kier alpha value is -2.98. The van der Waals surface area contributed by atoms with E-state index in [4.69, 9.17) is 9.47 Å². The van der Waals surface area contributed by atoms with Gasteiger partial charge in [-0.1, -0.05) is 12.1 Å². The van der Waals surface area contributed by atoms with Crippen molar-refractivity contribution in [3.05, 3.63) is 70.5 Å². The van der Waals surface area contributed by atoms with Gasteiger partial charge in [-0.2, -0.15) is 13.2 Å². The molecule has 1 heterocycles. The van der Waals surface area contributed by atoms with E-state index in [1.807, 2.05) is 0 Å². The van der Waals surface area contributed by atoms with Crippen molar-refractivity contribution >= 4 is 17.2 Å². The molecule has 3 aromatic rings. The van der Waals surface area contributed by atoms with Crippen LogP contribution in [-0.4, -0.2) is 31.2 Å². The highest BCUT2D eigenvalue weighted by Gasteiger charge is 2.29. The molecule has 10 heteroatoms. The van der Waals surface area contributed by atoms with Gasteiger partial charge in [0.25, 0.3) is 5.91 Å². The Morgan fingerprint density at radius 1 is 1.16 bits per heavy atom. The van der Waals surface area contributed by atoms with Crippen molar-refractivity contribution in [1.82, 2.24) is 10.3 Å². The van der Waals surface area contributed by atoms with Gasteiger partial charge in [0.15, 0.2) is 0 Å². The number of alkyl halides is 3. The fourth-order valence-electron chi connectivity index (χ4n) is 2.57. The van der Waals surface area contributed by atoms with E-state index in [1.165, 1.54) is 42.8 Å². The van der Waals surface area contributed by atoms with E-state index in [1.54, 1.807) is 0 Å². The van der Waals surface area contributed by atoms with Crippen LogP contribution in [0.4, 0.5) is 17.6 Å². The number of aromatic nitrogens is 1. The zero-order valence-electron chi connectivity index (χ0n) is 16.3. The monoisotopic (exact) mass is 454 g/mol. The predicted octanol–water partition coefficient (Wildman–Crippen LogP) is 4.92. The van der Waals surface area contributed by atoms with Gasteiger partial charge >= 0.3 is 6.18 Å². The minimum absolute atomic E-state index is 0.0139. The molecular formula is C21H18F4N2O3S. The summed E-state index contributed by atoms with van der Waals surface area (Å²) in [6.45, 7) is 0.687. The number of hydrogen-bond acceptors (Lipinski definition) is 5. The van der Waals surface area contributed by atoms with Crippen LogP contribution in [0, 0.1) is 5.82 Å². The molecule has 1 N–H and O–H groups in total. The number of benzene rings is 2. The van der Waals surface area contributed by atoms with Gasteiger partial charge < -0.3 is 14.8 Å². The van der Waals surface area contributed by atoms with E-state index in [9.17, 15) is 22.4 Å². The van der Waals surface area contributed by atoms with Crippen molar-refractivity contribution in [3.8, 4) is 16.3 Å². The van der Waals surface area contributed by atoms with E-state index in [-0.39, 0.29) is 29.5 Å². The Balaban J connectivity index is 1.63. The lowest BCUT2D eigenvalue weighted by molar-refractivity contribution is -0.137. The van der Waals surface area contributed by atoms with Crippen LogP contribution >= 0.6 is 11.3 Å². The largest absolute Gasteiger partial charge is 0.489 e. The molecule has 0 aliphatic carbocycles. The van der Waals surface area contributed by atoms with E-state index in [0.29, 0.717) is 23.7 Å². The zero-order chi connectivity index (χ0) is 22.4. The van der Waals surface area contributed by atoms with Crippen molar-refractivity contribution in [2.45, 2.75) is 12.8 Å². The Morgan fingerprint density at radius 2 is 1.90 bits per heavy atom. The lowest BCUT2D eigenvalue weighted by Crippen LogP contribution is -2.27. The Labute approximate surface area is 179 Å². The van der Waals surface area contributed by atoms with Crippen LogP contribution in [0.15, 0.2) is 47.8 Å². The molecule has 2 aromatic carbocycles. The van der Waals surface area contributed by atoms with Crippen LogP contribution in [0.3, 0.4) is 0 Å². The molecule has 0 bridgehead atoms. The standard InChI is InChI=1S/C21H18F4N2O3S/c1-29-9-8-26-19(28)18-12-31-20(27-18)16-7-6-15(10-17(16)22)30-11-13-2-4-14(5-3-13)21(23,24)25/h2-7,10,12H,8-9,11H2,1H3,(H,26,28). The maximum Gasteiger partial charge on any atom is 0.416 e. The van der Waals surface area contributed by atoms with Crippen molar-refractivity contribution in [3.63, 3.8) is 0 Å². The Bertz CT molecular complexity index is 1040. The maximum atomic E-state index is 14.5. The smallest absolute Gasteiger partial charge is 0.416 e. The van der Waals surface area contributed by atoms with Gasteiger partial charge in [0.2, 0.25) is 0 Å². The molecule has 0 saturated carbocycles. The summed E-state index contributed by atoms with van der Waals surface area (Å²) in [6, 6.07) is 8.72. The Kier molecular flexibility index (Phi) is 7.24. The summed E-state index contributed by atoms with van der Waals surface area (Å²) >= 11 is 1.13. The molecule has 164 valence electrons. The maximum absolute atomic E-state index is 14.5. The minimum atomic E-state index is -4.40. The first-order valence-electron chi connectivity index (χ1n) is 9.09. The molecule has 1 amide bonds. The zero-order valence-corrected chi connectivity index (χ0v) is 17.1. The normalized spacial score (nSPS) is 11.4. The van der Waals surface area contributed by atoms with Gasteiger partial charge in [0.1, 0.15) is 28.9 Å². The lowest BCUT2D eigenvalue weighted by atomic mass is 10.1. The molecule has 1 aromatic heterocycles. The highest BCUT2D eigenvalue weighted by Crippen LogP contribution is 2.30. The topological polar surface area (TPSA) is 60.5 Å². The molecule has 0 fully saturated rings. The second kappa shape index (κ2) is 9.88. The number of thiazole rings is 1. The SMILES string of the molecule is COCCNC(=O)c1csc(-c2ccc(OCc3ccc(C(F)(F)F)cc3)cc2F)n1. The van der Waals surface area contributed by atoms with Gasteiger partial charge in [0, 0.05) is 30.7 Å². The summed E-state index contributed by atoms with van der Waals surface area (Å²) in [5, 5.41) is 4.51. The summed E-state index contributed by atoms with van der Waals surface area (Å²) in [7, 11) is 1.52. The second-order valence-corrected chi connectivity index (χ2v) is 7.27. The first-order valence-corrected chi connectivity index (χ1v) is 9.97. The van der Waals surface area contributed by atoms with Gasteiger partial charge in [-0.3, -0.25) is 4.79 Å². The number of nitrogens with zero attached hydrogens (tertiary/aromatic N) is 1. The number of amides is 1. The third kappa shape index (κ3) is 6.02. The lowest BCUT2D eigenvalue weighted by Gasteiger charge is -2.10. The second-order valence-electron chi connectivity index (χ2n) is 6.41. The van der Waals surface area contributed by atoms with E-state index >= 15 is 0 Å². The number of halogens is 4. The van der Waals surface area contributed by atoms with E-state index < -0.39 is 17.6 Å². The number of rotatable bonds is 8. The molecular weight excluding hydrogens is 436 g/mol. The average molecular weight is 454 g/mol. The highest BCUT2D eigenvalue weighted by molar-refractivity contribution is 7.13. The molecule has 0 aliphatic rings. The van der Waals surface area contributed by atoms with Crippen molar-refractivity contribution < 1.29 is 31.8 Å². The third-order valence-electron chi connectivity index (χ3n) is 4.19. The number of nitrogens with one attached hydrogen (secondary N) is 1. The molecule has 5 nitrogen and oxygen atoms in total. The molecule has 3 rings (SSSR count). The van der Waals surface area contributed by atoms with Gasteiger partial charge in [-0.15, -0.1) is 11.3 Å². The summed E-state index contributed by atoms with van der Waals surface area (Å²) in [6.07, 6.45) is -4.40. The molecule has 0 atom stereocenters. The van der Waals surface area contributed by atoms with Crippen molar-refractivity contribution in [1.29, 1.82) is 0 Å². The fourth-order valence-corrected chi connectivity index (χ4v) is 3.40. The van der Waals surface area contributed by atoms with Crippen molar-refractivity contribution in [2.75, 3.05) is 20.3 Å².